The number of rotatable bonds is 7. The fourth-order valence-electron chi connectivity index (χ4n) is 1.01. The van der Waals surface area contributed by atoms with E-state index >= 15 is 0 Å². The van der Waals surface area contributed by atoms with E-state index in [1.807, 2.05) is 39.0 Å². The fraction of sp³-hybridized carbons (Fsp3) is 0.500. The van der Waals surface area contributed by atoms with Crippen molar-refractivity contribution in [1.29, 1.82) is 0 Å². The molecule has 0 bridgehead atoms. The van der Waals surface area contributed by atoms with Gasteiger partial charge in [-0.3, -0.25) is 0 Å². The Morgan fingerprint density at radius 3 is 2.59 bits per heavy atom. The number of allylic oxidation sites excluding steroid dienone is 3. The van der Waals surface area contributed by atoms with E-state index in [1.54, 1.807) is 19.3 Å². The first-order valence-corrected chi connectivity index (χ1v) is 5.77. The minimum atomic E-state index is -0.315. The van der Waals surface area contributed by atoms with Crippen molar-refractivity contribution >= 4 is 5.97 Å². The zero-order valence-corrected chi connectivity index (χ0v) is 11.1. The van der Waals surface area contributed by atoms with Gasteiger partial charge in [0.25, 0.3) is 0 Å². The fourth-order valence-corrected chi connectivity index (χ4v) is 1.01. The van der Waals surface area contributed by atoms with Gasteiger partial charge in [0.1, 0.15) is 0 Å². The molecule has 0 aromatic carbocycles. The quantitative estimate of drug-likeness (QED) is 0.295. The number of carbonyl (C=O) groups excluding carboxylic acids is 1. The van der Waals surface area contributed by atoms with Crippen LogP contribution in [0.1, 0.15) is 27.7 Å². The Labute approximate surface area is 104 Å². The van der Waals surface area contributed by atoms with Crippen LogP contribution in [0, 0.1) is 5.41 Å². The Morgan fingerprint density at radius 1 is 1.29 bits per heavy atom. The molecule has 0 aliphatic heterocycles. The molecule has 0 saturated carbocycles. The summed E-state index contributed by atoms with van der Waals surface area (Å²) >= 11 is 0. The predicted molar refractivity (Wildman–Crippen MR) is 69.5 cm³/mol. The molecule has 0 fully saturated rings. The van der Waals surface area contributed by atoms with Crippen LogP contribution in [0.4, 0.5) is 0 Å². The van der Waals surface area contributed by atoms with Crippen LogP contribution in [0.25, 0.3) is 0 Å². The summed E-state index contributed by atoms with van der Waals surface area (Å²) in [5.74, 6) is -0.315. The van der Waals surface area contributed by atoms with Crippen LogP contribution in [0.5, 0.6) is 0 Å². The SMILES string of the molecule is C/C=C\C=C\OCC(C)(C)/C=C/C(=O)OCC. The Balaban J connectivity index is 4.06. The molecule has 0 N–H and O–H groups in total. The minimum Gasteiger partial charge on any atom is -0.500 e. The van der Waals surface area contributed by atoms with Gasteiger partial charge in [-0.15, -0.1) is 0 Å². The smallest absolute Gasteiger partial charge is 0.330 e. The van der Waals surface area contributed by atoms with Crippen LogP contribution < -0.4 is 0 Å². The van der Waals surface area contributed by atoms with Crippen molar-refractivity contribution in [2.24, 2.45) is 5.41 Å². The van der Waals surface area contributed by atoms with Crippen molar-refractivity contribution < 1.29 is 14.3 Å². The van der Waals surface area contributed by atoms with Crippen LogP contribution in [0.2, 0.25) is 0 Å². The van der Waals surface area contributed by atoms with Crippen molar-refractivity contribution in [3.63, 3.8) is 0 Å². The molecule has 0 rings (SSSR count). The summed E-state index contributed by atoms with van der Waals surface area (Å²) in [6, 6.07) is 0. The van der Waals surface area contributed by atoms with Gasteiger partial charge >= 0.3 is 5.97 Å². The third-order valence-electron chi connectivity index (χ3n) is 1.89. The molecule has 96 valence electrons. The molecule has 17 heavy (non-hydrogen) atoms. The van der Waals surface area contributed by atoms with Crippen molar-refractivity contribution in [3.05, 3.63) is 36.6 Å². The Kier molecular flexibility index (Phi) is 7.85. The van der Waals surface area contributed by atoms with Crippen LogP contribution in [0.15, 0.2) is 36.6 Å². The summed E-state index contributed by atoms with van der Waals surface area (Å²) in [5, 5.41) is 0. The molecule has 0 saturated heterocycles. The molecule has 0 aromatic heterocycles. The minimum absolute atomic E-state index is 0.201. The first kappa shape index (κ1) is 15.5. The summed E-state index contributed by atoms with van der Waals surface area (Å²) < 4.78 is 10.2. The van der Waals surface area contributed by atoms with Gasteiger partial charge in [0, 0.05) is 11.5 Å². The topological polar surface area (TPSA) is 35.5 Å². The third kappa shape index (κ3) is 9.42. The molecule has 0 aliphatic carbocycles. The van der Waals surface area contributed by atoms with Gasteiger partial charge in [-0.2, -0.15) is 0 Å². The molecule has 3 nitrogen and oxygen atoms in total. The first-order valence-electron chi connectivity index (χ1n) is 5.77. The molecular weight excluding hydrogens is 216 g/mol. The Hall–Kier alpha value is -1.51. The van der Waals surface area contributed by atoms with E-state index in [0.717, 1.165) is 0 Å². The highest BCUT2D eigenvalue weighted by atomic mass is 16.5. The van der Waals surface area contributed by atoms with Crippen LogP contribution in [0.3, 0.4) is 0 Å². The van der Waals surface area contributed by atoms with Crippen LogP contribution >= 0.6 is 0 Å². The summed E-state index contributed by atoms with van der Waals surface area (Å²) in [6.07, 6.45) is 10.5. The van der Waals surface area contributed by atoms with Gasteiger partial charge in [0.05, 0.1) is 19.5 Å². The molecular formula is C14H22O3. The lowest BCUT2D eigenvalue weighted by atomic mass is 9.94. The van der Waals surface area contributed by atoms with Crippen molar-refractivity contribution in [2.75, 3.05) is 13.2 Å². The lowest BCUT2D eigenvalue weighted by Gasteiger charge is -2.18. The second-order valence-corrected chi connectivity index (χ2v) is 4.24. The lowest BCUT2D eigenvalue weighted by molar-refractivity contribution is -0.137. The van der Waals surface area contributed by atoms with E-state index in [1.165, 1.54) is 6.08 Å². The molecule has 0 aromatic rings. The maximum Gasteiger partial charge on any atom is 0.330 e. The highest BCUT2D eigenvalue weighted by Gasteiger charge is 2.14. The van der Waals surface area contributed by atoms with Gasteiger partial charge in [-0.1, -0.05) is 32.1 Å². The monoisotopic (exact) mass is 238 g/mol. The summed E-state index contributed by atoms with van der Waals surface area (Å²) in [5.41, 5.74) is -0.201. The second-order valence-electron chi connectivity index (χ2n) is 4.24. The zero-order chi connectivity index (χ0) is 13.1. The molecule has 0 amide bonds. The maximum atomic E-state index is 11.1. The third-order valence-corrected chi connectivity index (χ3v) is 1.89. The molecule has 0 unspecified atom stereocenters. The summed E-state index contributed by atoms with van der Waals surface area (Å²) in [4.78, 5) is 11.1. The van der Waals surface area contributed by atoms with Crippen molar-refractivity contribution in [1.82, 2.24) is 0 Å². The van der Waals surface area contributed by atoms with E-state index in [9.17, 15) is 4.79 Å². The number of carbonyl (C=O) groups is 1. The van der Waals surface area contributed by atoms with E-state index in [0.29, 0.717) is 13.2 Å². The average Bonchev–Trinajstić information content (AvgIpc) is 2.27. The van der Waals surface area contributed by atoms with Gasteiger partial charge in [0.15, 0.2) is 0 Å². The van der Waals surface area contributed by atoms with Crippen molar-refractivity contribution in [2.45, 2.75) is 27.7 Å². The molecule has 0 radical (unpaired) electrons. The standard InChI is InChI=1S/C14H22O3/c1-5-7-8-11-16-12-14(3,4)10-9-13(15)17-6-2/h5,7-11H,6,12H2,1-4H3/b7-5-,10-9+,11-8+. The molecule has 0 spiro atoms. The number of esters is 1. The van der Waals surface area contributed by atoms with Crippen molar-refractivity contribution in [3.8, 4) is 0 Å². The van der Waals surface area contributed by atoms with Crippen LogP contribution in [-0.2, 0) is 14.3 Å². The van der Waals surface area contributed by atoms with Gasteiger partial charge in [0.2, 0.25) is 0 Å². The largest absolute Gasteiger partial charge is 0.500 e. The molecule has 3 heteroatoms. The molecule has 0 heterocycles. The molecule has 0 atom stereocenters. The maximum absolute atomic E-state index is 11.1. The van der Waals surface area contributed by atoms with Crippen LogP contribution in [-0.4, -0.2) is 19.2 Å². The van der Waals surface area contributed by atoms with Gasteiger partial charge in [-0.05, 0) is 19.9 Å². The van der Waals surface area contributed by atoms with E-state index in [-0.39, 0.29) is 11.4 Å². The van der Waals surface area contributed by atoms with E-state index in [4.69, 9.17) is 9.47 Å². The second kappa shape index (κ2) is 8.62. The predicted octanol–water partition coefficient (Wildman–Crippen LogP) is 3.24. The zero-order valence-electron chi connectivity index (χ0n) is 11.1. The highest BCUT2D eigenvalue weighted by Crippen LogP contribution is 2.17. The number of hydrogen-bond donors (Lipinski definition) is 0. The van der Waals surface area contributed by atoms with E-state index < -0.39 is 0 Å². The Morgan fingerprint density at radius 2 is 2.00 bits per heavy atom. The normalized spacial score (nSPS) is 12.7. The highest BCUT2D eigenvalue weighted by molar-refractivity contribution is 5.81. The van der Waals surface area contributed by atoms with Gasteiger partial charge < -0.3 is 9.47 Å². The number of ether oxygens (including phenoxy) is 2. The lowest BCUT2D eigenvalue weighted by Crippen LogP contribution is -2.15. The number of hydrogen-bond acceptors (Lipinski definition) is 3. The van der Waals surface area contributed by atoms with E-state index in [2.05, 4.69) is 0 Å². The molecule has 0 aliphatic rings. The Bertz CT molecular complexity index is 299. The summed E-state index contributed by atoms with van der Waals surface area (Å²) in [6.45, 7) is 8.62. The first-order chi connectivity index (χ1) is 8.02. The average molecular weight is 238 g/mol. The summed E-state index contributed by atoms with van der Waals surface area (Å²) in [7, 11) is 0. The van der Waals surface area contributed by atoms with Gasteiger partial charge in [-0.25, -0.2) is 4.79 Å².